The van der Waals surface area contributed by atoms with E-state index in [4.69, 9.17) is 0 Å². The lowest BCUT2D eigenvalue weighted by Gasteiger charge is -2.08. The van der Waals surface area contributed by atoms with Crippen LogP contribution in [-0.4, -0.2) is 22.4 Å². The first kappa shape index (κ1) is 19.7. The number of aliphatic hydroxyl groups is 2. The molecule has 0 radical (unpaired) electrons. The molecule has 0 spiro atoms. The Balaban J connectivity index is 3.49. The predicted octanol–water partition coefficient (Wildman–Crippen LogP) is 4.99. The minimum Gasteiger partial charge on any atom is -0.389 e. The summed E-state index contributed by atoms with van der Waals surface area (Å²) in [6, 6.07) is 0. The Labute approximate surface area is 126 Å². The van der Waals surface area contributed by atoms with E-state index in [1.165, 1.54) is 51.4 Å². The van der Waals surface area contributed by atoms with Crippen molar-refractivity contribution in [3.63, 3.8) is 0 Å². The lowest BCUT2D eigenvalue weighted by atomic mass is 10.1. The maximum absolute atomic E-state index is 9.80. The summed E-state index contributed by atoms with van der Waals surface area (Å²) < 4.78 is 0. The molecule has 2 N–H and O–H groups in total. The fourth-order valence-corrected chi connectivity index (χ4v) is 2.36. The van der Waals surface area contributed by atoms with Crippen LogP contribution >= 0.6 is 0 Å². The van der Waals surface area contributed by atoms with Gasteiger partial charge < -0.3 is 10.2 Å². The van der Waals surface area contributed by atoms with Gasteiger partial charge in [0.25, 0.3) is 0 Å². The lowest BCUT2D eigenvalue weighted by molar-refractivity contribution is 0.192. The third-order valence-corrected chi connectivity index (χ3v) is 3.76. The molecule has 0 bridgehead atoms. The zero-order valence-electron chi connectivity index (χ0n) is 13.7. The van der Waals surface area contributed by atoms with E-state index < -0.39 is 0 Å². The third kappa shape index (κ3) is 14.1. The first-order valence-corrected chi connectivity index (χ1v) is 8.75. The molecule has 120 valence electrons. The highest BCUT2D eigenvalue weighted by molar-refractivity contribution is 4.93. The van der Waals surface area contributed by atoms with Crippen molar-refractivity contribution >= 4 is 0 Å². The van der Waals surface area contributed by atoms with Crippen molar-refractivity contribution < 1.29 is 10.2 Å². The van der Waals surface area contributed by atoms with Gasteiger partial charge in [0, 0.05) is 0 Å². The van der Waals surface area contributed by atoms with Crippen molar-refractivity contribution in [3.8, 4) is 0 Å². The molecule has 0 rings (SSSR count). The molecule has 2 atom stereocenters. The van der Waals surface area contributed by atoms with Gasteiger partial charge in [-0.1, -0.05) is 90.2 Å². The van der Waals surface area contributed by atoms with Gasteiger partial charge >= 0.3 is 0 Å². The largest absolute Gasteiger partial charge is 0.389 e. The van der Waals surface area contributed by atoms with Gasteiger partial charge in [0.1, 0.15) is 0 Å². The SMILES string of the molecule is CCCCCCC[C@H](O)/C=C/[C@H](O)CCCCCCC. The van der Waals surface area contributed by atoms with E-state index >= 15 is 0 Å². The second kappa shape index (κ2) is 15.1. The molecule has 0 saturated carbocycles. The minimum atomic E-state index is -0.383. The number of hydrogen-bond acceptors (Lipinski definition) is 2. The maximum atomic E-state index is 9.80. The first-order valence-electron chi connectivity index (χ1n) is 8.75. The highest BCUT2D eigenvalue weighted by Gasteiger charge is 2.02. The third-order valence-electron chi connectivity index (χ3n) is 3.76. The van der Waals surface area contributed by atoms with Gasteiger partial charge in [-0.3, -0.25) is 0 Å². The van der Waals surface area contributed by atoms with Crippen molar-refractivity contribution in [2.24, 2.45) is 0 Å². The Bertz CT molecular complexity index is 191. The normalized spacial score (nSPS) is 14.8. The molecule has 0 aliphatic carbocycles. The van der Waals surface area contributed by atoms with E-state index in [9.17, 15) is 10.2 Å². The average Bonchev–Trinajstić information content (AvgIpc) is 2.44. The number of aliphatic hydroxyl groups excluding tert-OH is 2. The van der Waals surface area contributed by atoms with Crippen molar-refractivity contribution in [2.45, 2.75) is 103 Å². The molecule has 0 amide bonds. The zero-order chi connectivity index (χ0) is 15.1. The summed E-state index contributed by atoms with van der Waals surface area (Å²) in [5.74, 6) is 0. The smallest absolute Gasteiger partial charge is 0.0721 e. The summed E-state index contributed by atoms with van der Waals surface area (Å²) in [5.41, 5.74) is 0. The number of unbranched alkanes of at least 4 members (excludes halogenated alkanes) is 8. The zero-order valence-corrected chi connectivity index (χ0v) is 13.7. The molecule has 0 fully saturated rings. The summed E-state index contributed by atoms with van der Waals surface area (Å²) >= 11 is 0. The van der Waals surface area contributed by atoms with Gasteiger partial charge in [0.15, 0.2) is 0 Å². The van der Waals surface area contributed by atoms with Crippen LogP contribution in [0.5, 0.6) is 0 Å². The molecule has 0 aromatic heterocycles. The highest BCUT2D eigenvalue weighted by Crippen LogP contribution is 2.10. The van der Waals surface area contributed by atoms with Crippen molar-refractivity contribution in [1.82, 2.24) is 0 Å². The predicted molar refractivity (Wildman–Crippen MR) is 87.9 cm³/mol. The highest BCUT2D eigenvalue weighted by atomic mass is 16.3. The van der Waals surface area contributed by atoms with Crippen LogP contribution in [0.2, 0.25) is 0 Å². The van der Waals surface area contributed by atoms with E-state index in [0.717, 1.165) is 25.7 Å². The maximum Gasteiger partial charge on any atom is 0.0721 e. The molecular weight excluding hydrogens is 248 g/mol. The summed E-state index contributed by atoms with van der Waals surface area (Å²) in [6.45, 7) is 4.42. The molecule has 0 aromatic rings. The van der Waals surface area contributed by atoms with Crippen LogP contribution in [0.3, 0.4) is 0 Å². The summed E-state index contributed by atoms with van der Waals surface area (Å²) in [6.07, 6.45) is 16.7. The molecule has 0 saturated heterocycles. The van der Waals surface area contributed by atoms with Crippen LogP contribution in [-0.2, 0) is 0 Å². The van der Waals surface area contributed by atoms with Crippen molar-refractivity contribution in [3.05, 3.63) is 12.2 Å². The van der Waals surface area contributed by atoms with Crippen LogP contribution in [0.15, 0.2) is 12.2 Å². The van der Waals surface area contributed by atoms with E-state index in [2.05, 4.69) is 13.8 Å². The van der Waals surface area contributed by atoms with Gasteiger partial charge in [-0.15, -0.1) is 0 Å². The summed E-state index contributed by atoms with van der Waals surface area (Å²) in [4.78, 5) is 0. The Morgan fingerprint density at radius 1 is 0.600 bits per heavy atom. The van der Waals surface area contributed by atoms with Crippen LogP contribution in [0, 0.1) is 0 Å². The fourth-order valence-electron chi connectivity index (χ4n) is 2.36. The van der Waals surface area contributed by atoms with Crippen molar-refractivity contribution in [1.29, 1.82) is 0 Å². The molecule has 0 heterocycles. The van der Waals surface area contributed by atoms with Gasteiger partial charge in [-0.2, -0.15) is 0 Å². The van der Waals surface area contributed by atoms with E-state index in [1.54, 1.807) is 12.2 Å². The summed E-state index contributed by atoms with van der Waals surface area (Å²) in [5, 5.41) is 19.6. The molecule has 0 aliphatic rings. The van der Waals surface area contributed by atoms with Crippen LogP contribution in [0.4, 0.5) is 0 Å². The van der Waals surface area contributed by atoms with E-state index in [-0.39, 0.29) is 12.2 Å². The van der Waals surface area contributed by atoms with Gasteiger partial charge in [-0.25, -0.2) is 0 Å². The van der Waals surface area contributed by atoms with Crippen LogP contribution in [0.25, 0.3) is 0 Å². The molecule has 0 aliphatic heterocycles. The Morgan fingerprint density at radius 2 is 0.950 bits per heavy atom. The van der Waals surface area contributed by atoms with E-state index in [1.807, 2.05) is 0 Å². The van der Waals surface area contributed by atoms with Crippen LogP contribution < -0.4 is 0 Å². The van der Waals surface area contributed by atoms with Gasteiger partial charge in [0.2, 0.25) is 0 Å². The molecular formula is C18H36O2. The van der Waals surface area contributed by atoms with Crippen LogP contribution in [0.1, 0.15) is 90.9 Å². The summed E-state index contributed by atoms with van der Waals surface area (Å²) in [7, 11) is 0. The minimum absolute atomic E-state index is 0.383. The lowest BCUT2D eigenvalue weighted by Crippen LogP contribution is -2.06. The molecule has 2 heteroatoms. The number of rotatable bonds is 14. The molecule has 0 unspecified atom stereocenters. The molecule has 0 aromatic carbocycles. The second-order valence-electron chi connectivity index (χ2n) is 5.93. The standard InChI is InChI=1S/C18H36O2/c1-3-5-7-9-11-13-17(19)15-16-18(20)14-12-10-8-6-4-2/h15-20H,3-14H2,1-2H3/b16-15+/t17-,18+. The monoisotopic (exact) mass is 284 g/mol. The Hall–Kier alpha value is -0.340. The average molecular weight is 284 g/mol. The Kier molecular flexibility index (Phi) is 14.8. The van der Waals surface area contributed by atoms with Gasteiger partial charge in [-0.05, 0) is 12.8 Å². The van der Waals surface area contributed by atoms with Gasteiger partial charge in [0.05, 0.1) is 12.2 Å². The molecule has 2 nitrogen and oxygen atoms in total. The number of hydrogen-bond donors (Lipinski definition) is 2. The fraction of sp³-hybridized carbons (Fsp3) is 0.889. The topological polar surface area (TPSA) is 40.5 Å². The van der Waals surface area contributed by atoms with E-state index in [0.29, 0.717) is 0 Å². The Morgan fingerprint density at radius 3 is 1.30 bits per heavy atom. The first-order chi connectivity index (χ1) is 9.70. The second-order valence-corrected chi connectivity index (χ2v) is 5.93. The molecule has 20 heavy (non-hydrogen) atoms. The van der Waals surface area contributed by atoms with Crippen molar-refractivity contribution in [2.75, 3.05) is 0 Å². The quantitative estimate of drug-likeness (QED) is 0.348.